The van der Waals surface area contributed by atoms with E-state index in [1.807, 2.05) is 33.0 Å². The lowest BCUT2D eigenvalue weighted by molar-refractivity contribution is -0.140. The molecule has 0 spiro atoms. The van der Waals surface area contributed by atoms with Gasteiger partial charge in [0, 0.05) is 36.3 Å². The third kappa shape index (κ3) is 24.6. The number of aliphatic carboxylic acids is 1. The van der Waals surface area contributed by atoms with Crippen molar-refractivity contribution in [1.82, 2.24) is 36.9 Å². The predicted molar refractivity (Wildman–Crippen MR) is 221 cm³/mol. The SMILES string of the molecule is C=C(NCC(=O)NC(CC(=O)O)C(=O)NCC)C(CCSCCN)NC(=O)C(NCO)C(C)C.CNCCCOc1ccc(C)cc1.Nc1ccc(C=O)cn1. The molecule has 0 bridgehead atoms. The van der Waals surface area contributed by atoms with Crippen LogP contribution < -0.4 is 48.1 Å². The van der Waals surface area contributed by atoms with E-state index in [1.165, 1.54) is 11.8 Å². The Bertz CT molecular complexity index is 1430. The highest BCUT2D eigenvalue weighted by atomic mass is 32.2. The molecule has 1 aromatic carbocycles. The number of carboxylic acid groups (broad SMARTS) is 1. The molecule has 0 aliphatic rings. The van der Waals surface area contributed by atoms with Crippen molar-refractivity contribution in [2.75, 3.05) is 63.8 Å². The molecule has 314 valence electrons. The summed E-state index contributed by atoms with van der Waals surface area (Å²) in [7, 11) is 1.95. The first kappa shape index (κ1) is 51.2. The van der Waals surface area contributed by atoms with E-state index in [1.54, 1.807) is 30.8 Å². The number of aromatic nitrogens is 1. The van der Waals surface area contributed by atoms with Crippen molar-refractivity contribution < 1.29 is 38.9 Å². The number of nitrogens with two attached hydrogens (primary N) is 2. The molecular formula is C38H63N9O8S. The van der Waals surface area contributed by atoms with Crippen LogP contribution in [0.2, 0.25) is 0 Å². The predicted octanol–water partition coefficient (Wildman–Crippen LogP) is 0.776. The number of likely N-dealkylation sites (N-methyl/N-ethyl adjacent to an activating group) is 1. The highest BCUT2D eigenvalue weighted by molar-refractivity contribution is 7.99. The molecule has 0 aliphatic heterocycles. The number of benzene rings is 1. The fraction of sp³-hybridized carbons (Fsp3) is 0.526. The standard InChI is InChI=1S/C21H40N6O6S.C11H17NO.C6H6N2O/c1-5-23-20(32)16(10-18(30)31)26-17(29)11-24-14(4)15(6-8-34-9-7-22)27-21(33)19(13(2)3)25-12-28;1-10-4-6-11(7-5-10)13-9-3-8-12-2;7-6-2-1-5(4-9)3-8-6/h13,15-16,19,24-25,28H,4-12,22H2,1-3H3,(H,23,32)(H,26,29)(H,27,33)(H,30,31);4-7,12H,3,8-9H2,1-2H3;1-4H,(H2,7,8). The van der Waals surface area contributed by atoms with Crippen molar-refractivity contribution in [3.63, 3.8) is 0 Å². The zero-order valence-electron chi connectivity index (χ0n) is 33.3. The molecule has 3 unspecified atom stereocenters. The summed E-state index contributed by atoms with van der Waals surface area (Å²) >= 11 is 1.62. The summed E-state index contributed by atoms with van der Waals surface area (Å²) in [5, 5.41) is 34.6. The van der Waals surface area contributed by atoms with E-state index in [0.29, 0.717) is 42.3 Å². The van der Waals surface area contributed by atoms with Gasteiger partial charge < -0.3 is 53.0 Å². The number of aliphatic hydroxyl groups excluding tert-OH is 1. The van der Waals surface area contributed by atoms with Crippen molar-refractivity contribution >= 4 is 47.6 Å². The van der Waals surface area contributed by atoms with Crippen LogP contribution >= 0.6 is 11.8 Å². The minimum absolute atomic E-state index is 0.0770. The van der Waals surface area contributed by atoms with E-state index in [4.69, 9.17) is 21.3 Å². The van der Waals surface area contributed by atoms with E-state index in [2.05, 4.69) is 62.5 Å². The second kappa shape index (κ2) is 31.5. The Morgan fingerprint density at radius 2 is 1.71 bits per heavy atom. The Labute approximate surface area is 334 Å². The molecule has 2 rings (SSSR count). The first-order valence-corrected chi connectivity index (χ1v) is 19.5. The number of pyridine rings is 1. The molecule has 0 saturated carbocycles. The Hall–Kier alpha value is -4.75. The summed E-state index contributed by atoms with van der Waals surface area (Å²) in [6, 6.07) is 9.02. The van der Waals surface area contributed by atoms with Gasteiger partial charge in [0.15, 0.2) is 6.29 Å². The zero-order valence-corrected chi connectivity index (χ0v) is 34.1. The molecule has 18 heteroatoms. The normalized spacial score (nSPS) is 11.9. The maximum Gasteiger partial charge on any atom is 0.305 e. The molecule has 12 N–H and O–H groups in total. The number of carbonyl (C=O) groups is 5. The fourth-order valence-corrected chi connectivity index (χ4v) is 5.29. The summed E-state index contributed by atoms with van der Waals surface area (Å²) in [6.07, 6.45) is 3.18. The van der Waals surface area contributed by atoms with Gasteiger partial charge in [-0.25, -0.2) is 4.98 Å². The Morgan fingerprint density at radius 3 is 2.25 bits per heavy atom. The maximum atomic E-state index is 12.7. The van der Waals surface area contributed by atoms with Crippen LogP contribution in [0.15, 0.2) is 54.9 Å². The number of aryl methyl sites for hydroxylation is 1. The molecule has 3 amide bonds. The summed E-state index contributed by atoms with van der Waals surface area (Å²) in [4.78, 5) is 61.9. The third-order valence-corrected chi connectivity index (χ3v) is 8.52. The van der Waals surface area contributed by atoms with Gasteiger partial charge in [-0.1, -0.05) is 38.1 Å². The summed E-state index contributed by atoms with van der Waals surface area (Å²) < 4.78 is 5.52. The van der Waals surface area contributed by atoms with Gasteiger partial charge in [-0.2, -0.15) is 11.8 Å². The summed E-state index contributed by atoms with van der Waals surface area (Å²) in [5.41, 5.74) is 13.0. The Kier molecular flexibility index (Phi) is 28.8. The number of nitrogen functional groups attached to an aromatic ring is 1. The lowest BCUT2D eigenvalue weighted by atomic mass is 10.0. The van der Waals surface area contributed by atoms with Crippen LogP contribution in [0.25, 0.3) is 0 Å². The number of carboxylic acids is 1. The molecule has 56 heavy (non-hydrogen) atoms. The van der Waals surface area contributed by atoms with Gasteiger partial charge in [-0.05, 0) is 76.2 Å². The molecule has 0 radical (unpaired) electrons. The van der Waals surface area contributed by atoms with Gasteiger partial charge >= 0.3 is 5.97 Å². The fourth-order valence-electron chi connectivity index (χ4n) is 4.51. The number of nitrogens with zero attached hydrogens (tertiary/aromatic N) is 1. The number of aliphatic hydroxyl groups is 1. The Morgan fingerprint density at radius 1 is 1.02 bits per heavy atom. The van der Waals surface area contributed by atoms with E-state index in [-0.39, 0.29) is 25.1 Å². The van der Waals surface area contributed by atoms with Crippen LogP contribution in [0.3, 0.4) is 0 Å². The average Bonchev–Trinajstić information content (AvgIpc) is 3.16. The minimum Gasteiger partial charge on any atom is -0.494 e. The first-order valence-electron chi connectivity index (χ1n) is 18.4. The molecule has 2 aromatic rings. The second-order valence-electron chi connectivity index (χ2n) is 12.6. The van der Waals surface area contributed by atoms with Gasteiger partial charge in [0.05, 0.1) is 38.4 Å². The van der Waals surface area contributed by atoms with Crippen LogP contribution in [-0.2, 0) is 19.2 Å². The zero-order chi connectivity index (χ0) is 42.3. The van der Waals surface area contributed by atoms with Crippen molar-refractivity contribution in [2.45, 2.75) is 65.1 Å². The Balaban J connectivity index is 0.00000110. The number of thioether (sulfide) groups is 1. The summed E-state index contributed by atoms with van der Waals surface area (Å²) in [5.74, 6) is 0.0415. The smallest absolute Gasteiger partial charge is 0.305 e. The van der Waals surface area contributed by atoms with Gasteiger partial charge in [-0.3, -0.25) is 29.3 Å². The summed E-state index contributed by atoms with van der Waals surface area (Å²) in [6.45, 7) is 13.4. The topological polar surface area (TPSA) is 272 Å². The second-order valence-corrected chi connectivity index (χ2v) is 13.8. The minimum atomic E-state index is -1.22. The van der Waals surface area contributed by atoms with Crippen LogP contribution in [0.1, 0.15) is 56.0 Å². The number of amides is 3. The number of ether oxygens (including phenoxy) is 1. The van der Waals surface area contributed by atoms with Crippen LogP contribution in [-0.4, -0.2) is 121 Å². The number of carbonyl (C=O) groups excluding carboxylic acids is 4. The number of hydrogen-bond donors (Lipinski definition) is 10. The van der Waals surface area contributed by atoms with E-state index in [0.717, 1.165) is 37.4 Å². The van der Waals surface area contributed by atoms with Gasteiger partial charge in [-0.15, -0.1) is 0 Å². The molecule has 0 saturated heterocycles. The van der Waals surface area contributed by atoms with Crippen LogP contribution in [0, 0.1) is 12.8 Å². The molecule has 3 atom stereocenters. The first-order chi connectivity index (χ1) is 26.7. The van der Waals surface area contributed by atoms with Crippen LogP contribution in [0.4, 0.5) is 5.82 Å². The lowest BCUT2D eigenvalue weighted by Gasteiger charge is -2.27. The number of hydrogen-bond acceptors (Lipinski definition) is 14. The lowest BCUT2D eigenvalue weighted by Crippen LogP contribution is -2.53. The molecule has 0 aliphatic carbocycles. The van der Waals surface area contributed by atoms with Crippen molar-refractivity contribution in [1.29, 1.82) is 0 Å². The van der Waals surface area contributed by atoms with E-state index >= 15 is 0 Å². The van der Waals surface area contributed by atoms with E-state index in [9.17, 15) is 29.1 Å². The van der Waals surface area contributed by atoms with Gasteiger partial charge in [0.25, 0.3) is 0 Å². The quantitative estimate of drug-likeness (QED) is 0.0377. The van der Waals surface area contributed by atoms with Crippen LogP contribution in [0.5, 0.6) is 5.75 Å². The number of anilines is 1. The highest BCUT2D eigenvalue weighted by Crippen LogP contribution is 2.12. The highest BCUT2D eigenvalue weighted by Gasteiger charge is 2.26. The molecular weight excluding hydrogens is 743 g/mol. The molecule has 17 nitrogen and oxygen atoms in total. The monoisotopic (exact) mass is 805 g/mol. The molecule has 1 aromatic heterocycles. The number of aldehydes is 1. The average molecular weight is 806 g/mol. The van der Waals surface area contributed by atoms with E-state index < -0.39 is 42.3 Å². The molecule has 0 fully saturated rings. The number of rotatable bonds is 25. The van der Waals surface area contributed by atoms with Gasteiger partial charge in [0.1, 0.15) is 17.6 Å². The van der Waals surface area contributed by atoms with Crippen molar-refractivity contribution in [3.8, 4) is 5.75 Å². The van der Waals surface area contributed by atoms with Crippen molar-refractivity contribution in [3.05, 3.63) is 66.0 Å². The van der Waals surface area contributed by atoms with Gasteiger partial charge in [0.2, 0.25) is 17.7 Å². The van der Waals surface area contributed by atoms with Crippen molar-refractivity contribution in [2.24, 2.45) is 11.7 Å². The third-order valence-electron chi connectivity index (χ3n) is 7.47. The largest absolute Gasteiger partial charge is 0.494 e. The molecule has 1 heterocycles. The maximum absolute atomic E-state index is 12.7. The number of nitrogens with one attached hydrogen (secondary N) is 6.